The highest BCUT2D eigenvalue weighted by atomic mass is 32.1. The van der Waals surface area contributed by atoms with Gasteiger partial charge in [-0.1, -0.05) is 0 Å². The minimum atomic E-state index is -0.816. The van der Waals surface area contributed by atoms with Crippen LogP contribution in [0.2, 0.25) is 0 Å². The first kappa shape index (κ1) is 14.4. The quantitative estimate of drug-likeness (QED) is 0.586. The van der Waals surface area contributed by atoms with Crippen molar-refractivity contribution in [2.24, 2.45) is 5.73 Å². The highest BCUT2D eigenvalue weighted by molar-refractivity contribution is 7.13. The molecule has 100 valence electrons. The van der Waals surface area contributed by atoms with Gasteiger partial charge in [0.15, 0.2) is 5.13 Å². The molecule has 18 heavy (non-hydrogen) atoms. The summed E-state index contributed by atoms with van der Waals surface area (Å²) >= 11 is 1.46. The van der Waals surface area contributed by atoms with E-state index in [9.17, 15) is 9.59 Å². The molecule has 0 saturated heterocycles. The van der Waals surface area contributed by atoms with Gasteiger partial charge in [0.25, 0.3) is 0 Å². The molecule has 6 nitrogen and oxygen atoms in total. The summed E-state index contributed by atoms with van der Waals surface area (Å²) in [5, 5.41) is 14.3. The van der Waals surface area contributed by atoms with E-state index in [1.165, 1.54) is 11.3 Å². The highest BCUT2D eigenvalue weighted by Gasteiger charge is 2.04. The van der Waals surface area contributed by atoms with Gasteiger partial charge in [-0.25, -0.2) is 4.98 Å². The number of primary amides is 1. The van der Waals surface area contributed by atoms with Crippen LogP contribution in [0.3, 0.4) is 0 Å². The number of aliphatic carboxylic acids is 1. The van der Waals surface area contributed by atoms with Crippen LogP contribution in [0.1, 0.15) is 31.4 Å². The van der Waals surface area contributed by atoms with Crippen molar-refractivity contribution in [3.8, 4) is 0 Å². The van der Waals surface area contributed by atoms with Gasteiger partial charge in [0.2, 0.25) is 5.91 Å². The maximum absolute atomic E-state index is 10.5. The molecule has 0 aliphatic carbocycles. The van der Waals surface area contributed by atoms with Crippen LogP contribution in [0, 0.1) is 0 Å². The molecule has 0 saturated carbocycles. The van der Waals surface area contributed by atoms with Gasteiger partial charge in [0.1, 0.15) is 0 Å². The Hall–Kier alpha value is -1.63. The number of unbranched alkanes of at least 4 members (excludes halogenated alkanes) is 1. The van der Waals surface area contributed by atoms with Crippen molar-refractivity contribution < 1.29 is 14.7 Å². The second-order valence-electron chi connectivity index (χ2n) is 3.89. The number of nitrogens with two attached hydrogens (primary N) is 1. The second kappa shape index (κ2) is 7.65. The first-order valence-electron chi connectivity index (χ1n) is 5.76. The zero-order valence-corrected chi connectivity index (χ0v) is 10.8. The Kier molecular flexibility index (Phi) is 6.13. The zero-order chi connectivity index (χ0) is 13.4. The van der Waals surface area contributed by atoms with E-state index in [0.29, 0.717) is 12.8 Å². The molecule has 1 aromatic rings. The molecule has 0 aliphatic heterocycles. The third-order valence-corrected chi connectivity index (χ3v) is 3.12. The lowest BCUT2D eigenvalue weighted by Crippen LogP contribution is -2.10. The number of carbonyl (C=O) groups is 2. The van der Waals surface area contributed by atoms with Gasteiger partial charge in [0.05, 0.1) is 12.1 Å². The maximum Gasteiger partial charge on any atom is 0.303 e. The van der Waals surface area contributed by atoms with E-state index in [0.717, 1.165) is 30.2 Å². The van der Waals surface area contributed by atoms with Gasteiger partial charge in [-0.15, -0.1) is 11.3 Å². The predicted molar refractivity (Wildman–Crippen MR) is 69.6 cm³/mol. The largest absolute Gasteiger partial charge is 0.481 e. The summed E-state index contributed by atoms with van der Waals surface area (Å²) in [6.07, 6.45) is 2.58. The van der Waals surface area contributed by atoms with Gasteiger partial charge in [-0.3, -0.25) is 9.59 Å². The lowest BCUT2D eigenvalue weighted by atomic mass is 10.2. The minimum absolute atomic E-state index is 0.0990. The smallest absolute Gasteiger partial charge is 0.303 e. The fourth-order valence-electron chi connectivity index (χ4n) is 1.36. The lowest BCUT2D eigenvalue weighted by molar-refractivity contribution is -0.137. The molecule has 0 aliphatic rings. The summed E-state index contributed by atoms with van der Waals surface area (Å²) < 4.78 is 0. The Morgan fingerprint density at radius 2 is 2.17 bits per heavy atom. The highest BCUT2D eigenvalue weighted by Crippen LogP contribution is 2.16. The Morgan fingerprint density at radius 3 is 2.83 bits per heavy atom. The minimum Gasteiger partial charge on any atom is -0.481 e. The van der Waals surface area contributed by atoms with E-state index in [1.807, 2.05) is 5.38 Å². The molecule has 1 heterocycles. The van der Waals surface area contributed by atoms with Crippen LogP contribution in [0.4, 0.5) is 5.13 Å². The van der Waals surface area contributed by atoms with E-state index < -0.39 is 5.97 Å². The maximum atomic E-state index is 10.5. The van der Waals surface area contributed by atoms with E-state index in [2.05, 4.69) is 10.3 Å². The Bertz CT molecular complexity index is 406. The first-order chi connectivity index (χ1) is 8.58. The van der Waals surface area contributed by atoms with Crippen molar-refractivity contribution >= 4 is 28.3 Å². The van der Waals surface area contributed by atoms with Crippen molar-refractivity contribution in [3.05, 3.63) is 11.1 Å². The van der Waals surface area contributed by atoms with Crippen LogP contribution in [0.15, 0.2) is 5.38 Å². The number of carboxylic acid groups (broad SMARTS) is 1. The van der Waals surface area contributed by atoms with Crippen LogP contribution in [0.5, 0.6) is 0 Å². The number of thiazole rings is 1. The molecule has 1 rings (SSSR count). The summed E-state index contributed by atoms with van der Waals surface area (Å²) in [6.45, 7) is 0.735. The number of nitrogens with zero attached hydrogens (tertiary/aromatic N) is 1. The summed E-state index contributed by atoms with van der Waals surface area (Å²) in [5.41, 5.74) is 5.82. The summed E-state index contributed by atoms with van der Waals surface area (Å²) in [7, 11) is 0. The number of aryl methyl sites for hydroxylation is 1. The van der Waals surface area contributed by atoms with Crippen LogP contribution in [-0.2, 0) is 16.0 Å². The molecule has 0 aromatic carbocycles. The molecular formula is C11H17N3O3S. The molecular weight excluding hydrogens is 254 g/mol. The number of rotatable bonds is 9. The third-order valence-electron chi connectivity index (χ3n) is 2.27. The fourth-order valence-corrected chi connectivity index (χ4v) is 2.13. The van der Waals surface area contributed by atoms with Gasteiger partial charge in [-0.05, 0) is 12.8 Å². The van der Waals surface area contributed by atoms with Crippen molar-refractivity contribution in [2.45, 2.75) is 32.1 Å². The fraction of sp³-hybridized carbons (Fsp3) is 0.545. The average Bonchev–Trinajstić information content (AvgIpc) is 2.73. The third kappa shape index (κ3) is 6.19. The first-order valence-corrected chi connectivity index (χ1v) is 6.64. The van der Waals surface area contributed by atoms with Crippen molar-refractivity contribution in [1.82, 2.24) is 4.98 Å². The molecule has 1 amide bonds. The van der Waals surface area contributed by atoms with Crippen LogP contribution in [0.25, 0.3) is 0 Å². The van der Waals surface area contributed by atoms with E-state index in [-0.39, 0.29) is 12.3 Å². The van der Waals surface area contributed by atoms with E-state index in [1.54, 1.807) is 0 Å². The average molecular weight is 271 g/mol. The molecule has 0 radical (unpaired) electrons. The number of nitrogens with one attached hydrogen (secondary N) is 1. The van der Waals surface area contributed by atoms with Gasteiger partial charge < -0.3 is 16.2 Å². The molecule has 0 atom stereocenters. The van der Waals surface area contributed by atoms with Crippen LogP contribution < -0.4 is 11.1 Å². The summed E-state index contributed by atoms with van der Waals surface area (Å²) in [6, 6.07) is 0. The Labute approximate surface area is 109 Å². The van der Waals surface area contributed by atoms with Gasteiger partial charge >= 0.3 is 5.97 Å². The molecule has 7 heteroatoms. The summed E-state index contributed by atoms with van der Waals surface area (Å²) in [4.78, 5) is 25.2. The van der Waals surface area contributed by atoms with Crippen LogP contribution in [-0.4, -0.2) is 28.5 Å². The molecule has 0 spiro atoms. The number of anilines is 1. The Balaban J connectivity index is 2.18. The number of aromatic nitrogens is 1. The molecule has 1 aromatic heterocycles. The summed E-state index contributed by atoms with van der Waals surface area (Å²) in [5.74, 6) is -1.09. The van der Waals surface area contributed by atoms with Crippen molar-refractivity contribution in [2.75, 3.05) is 11.9 Å². The number of hydrogen-bond acceptors (Lipinski definition) is 5. The number of carbonyl (C=O) groups excluding carboxylic acids is 1. The SMILES string of the molecule is NC(=O)CCCCNc1nc(CCC(=O)O)cs1. The normalized spacial score (nSPS) is 10.2. The number of carboxylic acids is 1. The monoisotopic (exact) mass is 271 g/mol. The molecule has 0 fully saturated rings. The zero-order valence-electron chi connectivity index (χ0n) is 10.0. The molecule has 0 bridgehead atoms. The van der Waals surface area contributed by atoms with Gasteiger partial charge in [0, 0.05) is 24.8 Å². The molecule has 0 unspecified atom stereocenters. The van der Waals surface area contributed by atoms with Crippen molar-refractivity contribution in [1.29, 1.82) is 0 Å². The topological polar surface area (TPSA) is 105 Å². The standard InChI is InChI=1S/C11H17N3O3S/c12-9(15)3-1-2-6-13-11-14-8(7-18-11)4-5-10(16)17/h7H,1-6H2,(H2,12,15)(H,13,14)(H,16,17). The number of hydrogen-bond donors (Lipinski definition) is 3. The van der Waals surface area contributed by atoms with E-state index >= 15 is 0 Å². The van der Waals surface area contributed by atoms with Gasteiger partial charge in [-0.2, -0.15) is 0 Å². The lowest BCUT2D eigenvalue weighted by Gasteiger charge is -2.01. The second-order valence-corrected chi connectivity index (χ2v) is 4.75. The molecule has 4 N–H and O–H groups in total. The van der Waals surface area contributed by atoms with E-state index in [4.69, 9.17) is 10.8 Å². The van der Waals surface area contributed by atoms with Crippen molar-refractivity contribution in [3.63, 3.8) is 0 Å². The van der Waals surface area contributed by atoms with Crippen LogP contribution >= 0.6 is 11.3 Å². The Morgan fingerprint density at radius 1 is 1.39 bits per heavy atom. The predicted octanol–water partition coefficient (Wildman–Crippen LogP) is 1.23. The number of amides is 1.